The number of benzene rings is 1. The molecule has 2 aliphatic rings. The van der Waals surface area contributed by atoms with Crippen LogP contribution in [0.5, 0.6) is 17.2 Å². The Balaban J connectivity index is 1.77. The Morgan fingerprint density at radius 3 is 2.34 bits per heavy atom. The number of aliphatic hydroxyl groups is 1. The standard InChI is InChI=1S/C19H24N4O5S/c1-26-13-8-11(9-14(27-2)16(13)28-3)15(22-6-4-12(24)5-7-22)17-18(25)23-19(29-17)20-10-21-23/h8-10,12,15,17,24H,4-7H2,1-3H3. The highest BCUT2D eigenvalue weighted by atomic mass is 32.2. The van der Waals surface area contributed by atoms with Gasteiger partial charge in [0.1, 0.15) is 11.6 Å². The highest BCUT2D eigenvalue weighted by molar-refractivity contribution is 8.00. The molecule has 156 valence electrons. The fraction of sp³-hybridized carbons (Fsp3) is 0.526. The van der Waals surface area contributed by atoms with Crippen LogP contribution >= 0.6 is 11.8 Å². The molecule has 0 amide bonds. The van der Waals surface area contributed by atoms with E-state index in [1.165, 1.54) is 22.8 Å². The van der Waals surface area contributed by atoms with Crippen molar-refractivity contribution in [2.24, 2.45) is 0 Å². The molecule has 0 radical (unpaired) electrons. The minimum Gasteiger partial charge on any atom is -0.493 e. The van der Waals surface area contributed by atoms with Gasteiger partial charge in [0.05, 0.1) is 33.5 Å². The molecule has 2 aliphatic heterocycles. The van der Waals surface area contributed by atoms with Crippen LogP contribution in [0, 0.1) is 0 Å². The number of carbonyl (C=O) groups excluding carboxylic acids is 1. The lowest BCUT2D eigenvalue weighted by molar-refractivity contribution is 0.0550. The van der Waals surface area contributed by atoms with E-state index in [0.717, 1.165) is 5.56 Å². The fourth-order valence-corrected chi connectivity index (χ4v) is 5.19. The quantitative estimate of drug-likeness (QED) is 0.747. The summed E-state index contributed by atoms with van der Waals surface area (Å²) in [5.74, 6) is 1.48. The summed E-state index contributed by atoms with van der Waals surface area (Å²) < 4.78 is 17.9. The highest BCUT2D eigenvalue weighted by Gasteiger charge is 2.43. The van der Waals surface area contributed by atoms with Crippen LogP contribution in [-0.2, 0) is 0 Å². The van der Waals surface area contributed by atoms with E-state index in [-0.39, 0.29) is 18.1 Å². The van der Waals surface area contributed by atoms with Crippen LogP contribution in [0.1, 0.15) is 29.2 Å². The van der Waals surface area contributed by atoms with E-state index < -0.39 is 5.25 Å². The van der Waals surface area contributed by atoms with Gasteiger partial charge in [-0.1, -0.05) is 11.8 Å². The molecule has 9 nitrogen and oxygen atoms in total. The monoisotopic (exact) mass is 420 g/mol. The Morgan fingerprint density at radius 1 is 1.14 bits per heavy atom. The first-order valence-corrected chi connectivity index (χ1v) is 10.3. The maximum absolute atomic E-state index is 13.1. The van der Waals surface area contributed by atoms with Gasteiger partial charge in [-0.05, 0) is 30.5 Å². The van der Waals surface area contributed by atoms with Crippen LogP contribution in [0.3, 0.4) is 0 Å². The van der Waals surface area contributed by atoms with E-state index in [0.29, 0.717) is 48.3 Å². The second kappa shape index (κ2) is 8.21. The van der Waals surface area contributed by atoms with Crippen LogP contribution in [0.4, 0.5) is 0 Å². The molecule has 2 aromatic rings. The Hall–Kier alpha value is -2.30. The van der Waals surface area contributed by atoms with Gasteiger partial charge >= 0.3 is 0 Å². The molecule has 3 heterocycles. The second-order valence-corrected chi connectivity index (χ2v) is 8.11. The largest absolute Gasteiger partial charge is 0.493 e. The number of aromatic nitrogens is 3. The number of fused-ring (bicyclic) bond motifs is 1. The molecule has 0 saturated carbocycles. The normalized spacial score (nSPS) is 21.1. The molecule has 1 N–H and O–H groups in total. The Labute approximate surface area is 172 Å². The van der Waals surface area contributed by atoms with Gasteiger partial charge in [-0.15, -0.1) is 0 Å². The number of nitrogens with zero attached hydrogens (tertiary/aromatic N) is 4. The van der Waals surface area contributed by atoms with Gasteiger partial charge in [-0.2, -0.15) is 9.78 Å². The molecule has 4 rings (SSSR count). The average Bonchev–Trinajstić information content (AvgIpc) is 3.32. The van der Waals surface area contributed by atoms with E-state index in [1.807, 2.05) is 12.1 Å². The predicted molar refractivity (Wildman–Crippen MR) is 106 cm³/mol. The molecule has 1 aromatic heterocycles. The number of rotatable bonds is 6. The van der Waals surface area contributed by atoms with E-state index in [1.54, 1.807) is 21.3 Å². The number of thioether (sulfide) groups is 1. The van der Waals surface area contributed by atoms with Crippen molar-refractivity contribution in [2.45, 2.75) is 35.4 Å². The highest BCUT2D eigenvalue weighted by Crippen LogP contribution is 2.46. The molecule has 0 spiro atoms. The van der Waals surface area contributed by atoms with Gasteiger partial charge in [0.2, 0.25) is 5.75 Å². The van der Waals surface area contributed by atoms with Crippen LogP contribution in [0.2, 0.25) is 0 Å². The maximum Gasteiger partial charge on any atom is 0.264 e. The van der Waals surface area contributed by atoms with Crippen molar-refractivity contribution in [3.63, 3.8) is 0 Å². The number of ether oxygens (including phenoxy) is 3. The Kier molecular flexibility index (Phi) is 5.66. The summed E-state index contributed by atoms with van der Waals surface area (Å²) in [6.45, 7) is 1.37. The van der Waals surface area contributed by atoms with Gasteiger partial charge in [0.25, 0.3) is 5.91 Å². The molecule has 2 atom stereocenters. The summed E-state index contributed by atoms with van der Waals surface area (Å²) in [6, 6.07) is 3.52. The fourth-order valence-electron chi connectivity index (χ4n) is 3.96. The SMILES string of the molecule is COc1cc(C(C2Sc3ncnn3C2=O)N2CCC(O)CC2)cc(OC)c1OC. The molecule has 2 unspecified atom stereocenters. The Bertz CT molecular complexity index is 871. The number of aliphatic hydroxyl groups excluding tert-OH is 1. The first-order chi connectivity index (χ1) is 14.1. The number of piperidine rings is 1. The van der Waals surface area contributed by atoms with E-state index in [4.69, 9.17) is 14.2 Å². The zero-order valence-corrected chi connectivity index (χ0v) is 17.4. The topological polar surface area (TPSA) is 98.9 Å². The van der Waals surface area contributed by atoms with Crippen molar-refractivity contribution in [1.82, 2.24) is 19.7 Å². The average molecular weight is 420 g/mol. The first kappa shape index (κ1) is 20.0. The lowest BCUT2D eigenvalue weighted by Gasteiger charge is -2.38. The van der Waals surface area contributed by atoms with Gasteiger partial charge < -0.3 is 19.3 Å². The Morgan fingerprint density at radius 2 is 1.79 bits per heavy atom. The lowest BCUT2D eigenvalue weighted by atomic mass is 9.96. The predicted octanol–water partition coefficient (Wildman–Crippen LogP) is 1.62. The number of carbonyl (C=O) groups is 1. The van der Waals surface area contributed by atoms with Crippen molar-refractivity contribution < 1.29 is 24.1 Å². The minimum absolute atomic E-state index is 0.104. The summed E-state index contributed by atoms with van der Waals surface area (Å²) in [5.41, 5.74) is 0.882. The van der Waals surface area contributed by atoms with Gasteiger partial charge in [-0.3, -0.25) is 9.69 Å². The summed E-state index contributed by atoms with van der Waals surface area (Å²) >= 11 is 1.41. The van der Waals surface area contributed by atoms with Crippen molar-refractivity contribution in [2.75, 3.05) is 34.4 Å². The van der Waals surface area contributed by atoms with E-state index in [2.05, 4.69) is 15.0 Å². The summed E-state index contributed by atoms with van der Waals surface area (Å²) in [5, 5.41) is 14.2. The molecule has 10 heteroatoms. The number of hydrogen-bond donors (Lipinski definition) is 1. The molecule has 1 saturated heterocycles. The molecular formula is C19H24N4O5S. The van der Waals surface area contributed by atoms with Crippen LogP contribution < -0.4 is 14.2 Å². The molecule has 29 heavy (non-hydrogen) atoms. The maximum atomic E-state index is 13.1. The molecule has 0 aliphatic carbocycles. The molecular weight excluding hydrogens is 396 g/mol. The van der Waals surface area contributed by atoms with Crippen LogP contribution in [0.25, 0.3) is 0 Å². The van der Waals surface area contributed by atoms with Gasteiger partial charge in [-0.25, -0.2) is 4.98 Å². The zero-order valence-electron chi connectivity index (χ0n) is 16.6. The van der Waals surface area contributed by atoms with Gasteiger partial charge in [0.15, 0.2) is 16.7 Å². The lowest BCUT2D eigenvalue weighted by Crippen LogP contribution is -2.44. The molecule has 1 aromatic carbocycles. The van der Waals surface area contributed by atoms with Crippen molar-refractivity contribution in [1.29, 1.82) is 0 Å². The van der Waals surface area contributed by atoms with Gasteiger partial charge in [0, 0.05) is 13.1 Å². The van der Waals surface area contributed by atoms with E-state index >= 15 is 0 Å². The third-order valence-electron chi connectivity index (χ3n) is 5.41. The van der Waals surface area contributed by atoms with E-state index in [9.17, 15) is 9.90 Å². The summed E-state index contributed by atoms with van der Waals surface area (Å²) in [4.78, 5) is 19.5. The summed E-state index contributed by atoms with van der Waals surface area (Å²) in [6.07, 6.45) is 2.41. The zero-order chi connectivity index (χ0) is 20.5. The number of methoxy groups -OCH3 is 3. The third-order valence-corrected chi connectivity index (χ3v) is 6.61. The van der Waals surface area contributed by atoms with Crippen LogP contribution in [-0.4, -0.2) is 76.5 Å². The minimum atomic E-state index is -0.413. The number of hydrogen-bond acceptors (Lipinski definition) is 9. The van der Waals surface area contributed by atoms with Crippen molar-refractivity contribution in [3.05, 3.63) is 24.0 Å². The number of likely N-dealkylation sites (tertiary alicyclic amines) is 1. The summed E-state index contributed by atoms with van der Waals surface area (Å²) in [7, 11) is 4.70. The first-order valence-electron chi connectivity index (χ1n) is 9.40. The van der Waals surface area contributed by atoms with Crippen LogP contribution in [0.15, 0.2) is 23.6 Å². The second-order valence-electron chi connectivity index (χ2n) is 7.00. The smallest absolute Gasteiger partial charge is 0.264 e. The molecule has 1 fully saturated rings. The molecule has 0 bridgehead atoms. The third kappa shape index (κ3) is 3.56. The van der Waals surface area contributed by atoms with Crippen molar-refractivity contribution >= 4 is 17.7 Å². The van der Waals surface area contributed by atoms with Crippen molar-refractivity contribution in [3.8, 4) is 17.2 Å².